The van der Waals surface area contributed by atoms with Crippen LogP contribution in [0.25, 0.3) is 0 Å². The summed E-state index contributed by atoms with van der Waals surface area (Å²) >= 11 is 0. The van der Waals surface area contributed by atoms with E-state index in [1.54, 1.807) is 0 Å². The van der Waals surface area contributed by atoms with Crippen molar-refractivity contribution in [2.24, 2.45) is 5.73 Å². The first-order valence-electron chi connectivity index (χ1n) is 5.65. The van der Waals surface area contributed by atoms with Crippen LogP contribution in [-0.4, -0.2) is 11.9 Å². The molecule has 0 aliphatic carbocycles. The number of hydrogen-bond acceptors (Lipinski definition) is 2. The summed E-state index contributed by atoms with van der Waals surface area (Å²) < 4.78 is 37.4. The fraction of sp³-hybridized carbons (Fsp3) is 0.308. The van der Waals surface area contributed by atoms with E-state index < -0.39 is 23.7 Å². The van der Waals surface area contributed by atoms with Crippen LogP contribution in [0.3, 0.4) is 0 Å². The smallest absolute Gasteiger partial charge is 0.351 e. The number of carbonyl (C=O) groups is 1. The Labute approximate surface area is 109 Å². The number of hydrogen-bond donors (Lipinski definition) is 2. The van der Waals surface area contributed by atoms with Gasteiger partial charge in [-0.1, -0.05) is 18.2 Å². The average Bonchev–Trinajstić information content (AvgIpc) is 2.35. The Kier molecular flexibility index (Phi) is 5.11. The third-order valence-corrected chi connectivity index (χ3v) is 2.48. The Morgan fingerprint density at radius 1 is 1.47 bits per heavy atom. The average molecular weight is 272 g/mol. The lowest BCUT2D eigenvalue weighted by Gasteiger charge is -2.12. The lowest BCUT2D eigenvalue weighted by molar-refractivity contribution is -0.137. The molecule has 0 fully saturated rings. The zero-order valence-corrected chi connectivity index (χ0v) is 10.2. The molecule has 3 nitrogen and oxygen atoms in total. The van der Waals surface area contributed by atoms with Crippen LogP contribution in [0.2, 0.25) is 0 Å². The van der Waals surface area contributed by atoms with Crippen molar-refractivity contribution >= 4 is 5.91 Å². The minimum absolute atomic E-state index is 0.00754. The molecular weight excluding hydrogens is 257 g/mol. The summed E-state index contributed by atoms with van der Waals surface area (Å²) in [5.41, 5.74) is 5.16. The Morgan fingerprint density at radius 3 is 2.74 bits per heavy atom. The number of rotatable bonds is 5. The quantitative estimate of drug-likeness (QED) is 0.808. The van der Waals surface area contributed by atoms with Gasteiger partial charge in [-0.15, -0.1) is 6.58 Å². The third-order valence-electron chi connectivity index (χ3n) is 2.48. The second-order valence-corrected chi connectivity index (χ2v) is 4.05. The molecule has 0 aromatic heterocycles. The highest BCUT2D eigenvalue weighted by atomic mass is 19.4. The van der Waals surface area contributed by atoms with Crippen molar-refractivity contribution in [3.8, 4) is 0 Å². The molecule has 3 N–H and O–H groups in total. The molecule has 0 saturated heterocycles. The van der Waals surface area contributed by atoms with Gasteiger partial charge in [-0.3, -0.25) is 4.79 Å². The van der Waals surface area contributed by atoms with Crippen LogP contribution in [-0.2, 0) is 17.5 Å². The molecule has 0 saturated carbocycles. The minimum atomic E-state index is -4.39. The SMILES string of the molecule is C=CCC(N)C(=O)NCc1cccc(C(F)(F)F)c1. The van der Waals surface area contributed by atoms with Crippen LogP contribution in [0.5, 0.6) is 0 Å². The zero-order chi connectivity index (χ0) is 14.5. The zero-order valence-electron chi connectivity index (χ0n) is 10.2. The number of halogens is 3. The highest BCUT2D eigenvalue weighted by Gasteiger charge is 2.30. The highest BCUT2D eigenvalue weighted by molar-refractivity contribution is 5.81. The van der Waals surface area contributed by atoms with Gasteiger partial charge in [0.1, 0.15) is 0 Å². The molecule has 1 amide bonds. The van der Waals surface area contributed by atoms with Crippen molar-refractivity contribution in [1.82, 2.24) is 5.32 Å². The van der Waals surface area contributed by atoms with E-state index in [4.69, 9.17) is 5.73 Å². The maximum absolute atomic E-state index is 12.5. The number of nitrogens with one attached hydrogen (secondary N) is 1. The van der Waals surface area contributed by atoms with Gasteiger partial charge in [-0.25, -0.2) is 0 Å². The summed E-state index contributed by atoms with van der Waals surface area (Å²) in [5, 5.41) is 2.48. The molecule has 1 aromatic carbocycles. The summed E-state index contributed by atoms with van der Waals surface area (Å²) in [7, 11) is 0. The van der Waals surface area contributed by atoms with Gasteiger partial charge in [0.2, 0.25) is 5.91 Å². The maximum Gasteiger partial charge on any atom is 0.416 e. The summed E-state index contributed by atoms with van der Waals surface area (Å²) in [6.45, 7) is 3.46. The second-order valence-electron chi connectivity index (χ2n) is 4.05. The first-order valence-corrected chi connectivity index (χ1v) is 5.65. The van der Waals surface area contributed by atoms with E-state index in [1.165, 1.54) is 18.2 Å². The molecule has 0 radical (unpaired) electrons. The van der Waals surface area contributed by atoms with Crippen LogP contribution in [0.15, 0.2) is 36.9 Å². The van der Waals surface area contributed by atoms with Gasteiger partial charge >= 0.3 is 6.18 Å². The van der Waals surface area contributed by atoms with E-state index in [1.807, 2.05) is 0 Å². The van der Waals surface area contributed by atoms with Gasteiger partial charge in [0, 0.05) is 6.54 Å². The normalized spacial score (nSPS) is 12.8. The molecule has 0 bridgehead atoms. The molecule has 1 atom stereocenters. The molecule has 1 rings (SSSR count). The largest absolute Gasteiger partial charge is 0.416 e. The number of amides is 1. The van der Waals surface area contributed by atoms with Crippen LogP contribution in [0.1, 0.15) is 17.5 Å². The van der Waals surface area contributed by atoms with E-state index in [0.717, 1.165) is 12.1 Å². The van der Waals surface area contributed by atoms with Crippen molar-refractivity contribution in [1.29, 1.82) is 0 Å². The Bertz CT molecular complexity index is 457. The maximum atomic E-state index is 12.5. The van der Waals surface area contributed by atoms with E-state index in [9.17, 15) is 18.0 Å². The number of alkyl halides is 3. The molecule has 19 heavy (non-hydrogen) atoms. The molecule has 1 unspecified atom stereocenters. The van der Waals surface area contributed by atoms with Crippen molar-refractivity contribution in [3.05, 3.63) is 48.0 Å². The fourth-order valence-corrected chi connectivity index (χ4v) is 1.46. The second kappa shape index (κ2) is 6.38. The van der Waals surface area contributed by atoms with Crippen molar-refractivity contribution in [2.45, 2.75) is 25.2 Å². The summed E-state index contributed by atoms with van der Waals surface area (Å²) in [6.07, 6.45) is -2.57. The monoisotopic (exact) mass is 272 g/mol. The molecular formula is C13H15F3N2O. The van der Waals surface area contributed by atoms with Gasteiger partial charge in [-0.05, 0) is 24.1 Å². The summed E-state index contributed by atoms with van der Waals surface area (Å²) in [6, 6.07) is 4.06. The van der Waals surface area contributed by atoms with Crippen molar-refractivity contribution in [2.75, 3.05) is 0 Å². The van der Waals surface area contributed by atoms with Gasteiger partial charge < -0.3 is 11.1 Å². The van der Waals surface area contributed by atoms with E-state index in [-0.39, 0.29) is 6.54 Å². The van der Waals surface area contributed by atoms with Crippen LogP contribution < -0.4 is 11.1 Å². The third kappa shape index (κ3) is 4.75. The molecule has 0 spiro atoms. The lowest BCUT2D eigenvalue weighted by Crippen LogP contribution is -2.39. The predicted molar refractivity (Wildman–Crippen MR) is 66.1 cm³/mol. The minimum Gasteiger partial charge on any atom is -0.351 e. The molecule has 104 valence electrons. The van der Waals surface area contributed by atoms with Crippen LogP contribution in [0.4, 0.5) is 13.2 Å². The molecule has 1 aromatic rings. The number of carbonyl (C=O) groups excluding carboxylic acids is 1. The van der Waals surface area contributed by atoms with Crippen molar-refractivity contribution < 1.29 is 18.0 Å². The number of nitrogens with two attached hydrogens (primary N) is 1. The molecule has 0 aliphatic rings. The van der Waals surface area contributed by atoms with E-state index in [0.29, 0.717) is 12.0 Å². The number of benzene rings is 1. The predicted octanol–water partition coefficient (Wildman–Crippen LogP) is 2.22. The van der Waals surface area contributed by atoms with Crippen molar-refractivity contribution in [3.63, 3.8) is 0 Å². The molecule has 0 heterocycles. The van der Waals surface area contributed by atoms with E-state index in [2.05, 4.69) is 11.9 Å². The van der Waals surface area contributed by atoms with Gasteiger partial charge in [0.05, 0.1) is 11.6 Å². The van der Waals surface area contributed by atoms with Gasteiger partial charge in [0.15, 0.2) is 0 Å². The fourth-order valence-electron chi connectivity index (χ4n) is 1.46. The molecule has 0 aliphatic heterocycles. The Balaban J connectivity index is 2.63. The lowest BCUT2D eigenvalue weighted by atomic mass is 10.1. The first-order chi connectivity index (χ1) is 8.84. The Hall–Kier alpha value is -1.82. The van der Waals surface area contributed by atoms with Crippen LogP contribution >= 0.6 is 0 Å². The van der Waals surface area contributed by atoms with Crippen LogP contribution in [0, 0.1) is 0 Å². The standard InChI is InChI=1S/C13H15F3N2O/c1-2-4-11(17)12(19)18-8-9-5-3-6-10(7-9)13(14,15)16/h2-3,5-7,11H,1,4,8,17H2,(H,18,19). The molecule has 6 heteroatoms. The summed E-state index contributed by atoms with van der Waals surface area (Å²) in [4.78, 5) is 11.5. The van der Waals surface area contributed by atoms with Gasteiger partial charge in [0.25, 0.3) is 0 Å². The van der Waals surface area contributed by atoms with Gasteiger partial charge in [-0.2, -0.15) is 13.2 Å². The topological polar surface area (TPSA) is 55.1 Å². The highest BCUT2D eigenvalue weighted by Crippen LogP contribution is 2.29. The first kappa shape index (κ1) is 15.2. The van der Waals surface area contributed by atoms with E-state index >= 15 is 0 Å². The Morgan fingerprint density at radius 2 is 2.16 bits per heavy atom. The summed E-state index contributed by atoms with van der Waals surface area (Å²) in [5.74, 6) is -0.419.